The maximum atomic E-state index is 11.6. The normalized spacial score (nSPS) is 28.0. The standard InChI is InChI=1S/C10H16O.C6H15N.H2O4S/c1-9(2)7-4-5-10(9,3)8(11)6-7;1-4-7(5-2)6-3;1-5(2,3)4/h7H,4-6H2,1-3H3;4-6H2,1-3H3;(H2,1,2,3,4). The quantitative estimate of drug-likeness (QED) is 0.759. The van der Waals surface area contributed by atoms with Crippen LogP contribution in [-0.4, -0.2) is 47.8 Å². The fourth-order valence-electron chi connectivity index (χ4n) is 3.57. The van der Waals surface area contributed by atoms with Gasteiger partial charge in [-0.25, -0.2) is 0 Å². The van der Waals surface area contributed by atoms with E-state index in [1.54, 1.807) is 0 Å². The predicted octanol–water partition coefficient (Wildman–Crippen LogP) is 3.10. The maximum absolute atomic E-state index is 11.6. The Morgan fingerprint density at radius 2 is 1.48 bits per heavy atom. The van der Waals surface area contributed by atoms with Crippen molar-refractivity contribution in [3.05, 3.63) is 0 Å². The fraction of sp³-hybridized carbons (Fsp3) is 0.938. The van der Waals surface area contributed by atoms with Gasteiger partial charge in [-0.2, -0.15) is 8.42 Å². The number of carbonyl (C=O) groups excluding carboxylic acids is 1. The molecule has 0 heterocycles. The molecule has 0 saturated heterocycles. The lowest BCUT2D eigenvalue weighted by atomic mass is 9.70. The summed E-state index contributed by atoms with van der Waals surface area (Å²) in [4.78, 5) is 13.9. The minimum atomic E-state index is -4.67. The SMILES string of the molecule is CC12CCC(CC1=O)C2(C)C.CCN(CC)CC.O=S(=O)(O)O. The molecule has 0 aliphatic heterocycles. The van der Waals surface area contributed by atoms with Gasteiger partial charge in [0.15, 0.2) is 0 Å². The lowest BCUT2D eigenvalue weighted by Crippen LogP contribution is -2.32. The molecule has 0 radical (unpaired) electrons. The number of carbonyl (C=O) groups is 1. The van der Waals surface area contributed by atoms with Crippen molar-refractivity contribution in [1.82, 2.24) is 4.90 Å². The molecule has 2 bridgehead atoms. The molecule has 2 unspecified atom stereocenters. The van der Waals surface area contributed by atoms with E-state index in [2.05, 4.69) is 46.4 Å². The molecular weight excluding hydrogens is 318 g/mol. The Bertz CT molecular complexity index is 471. The second kappa shape index (κ2) is 8.55. The molecule has 2 atom stereocenters. The molecule has 2 rings (SSSR count). The lowest BCUT2D eigenvalue weighted by Gasteiger charge is -2.32. The highest BCUT2D eigenvalue weighted by atomic mass is 32.3. The molecule has 2 fully saturated rings. The summed E-state index contributed by atoms with van der Waals surface area (Å²) in [5.41, 5.74) is 0.307. The van der Waals surface area contributed by atoms with Crippen LogP contribution in [0.15, 0.2) is 0 Å². The number of rotatable bonds is 3. The van der Waals surface area contributed by atoms with Crippen molar-refractivity contribution in [1.29, 1.82) is 0 Å². The smallest absolute Gasteiger partial charge is 0.304 e. The van der Waals surface area contributed by atoms with E-state index in [0.717, 1.165) is 12.8 Å². The molecule has 0 aromatic heterocycles. The van der Waals surface area contributed by atoms with Gasteiger partial charge in [0, 0.05) is 11.8 Å². The van der Waals surface area contributed by atoms with E-state index >= 15 is 0 Å². The maximum Gasteiger partial charge on any atom is 0.394 e. The van der Waals surface area contributed by atoms with E-state index < -0.39 is 10.4 Å². The number of hydrogen-bond acceptors (Lipinski definition) is 4. The molecule has 0 aromatic rings. The first-order valence-electron chi connectivity index (χ1n) is 8.28. The van der Waals surface area contributed by atoms with E-state index in [1.807, 2.05) is 0 Å². The van der Waals surface area contributed by atoms with E-state index in [4.69, 9.17) is 17.5 Å². The average molecular weight is 352 g/mol. The fourth-order valence-corrected chi connectivity index (χ4v) is 3.57. The highest BCUT2D eigenvalue weighted by Gasteiger charge is 2.61. The first kappa shape index (κ1) is 22.5. The minimum absolute atomic E-state index is 0.0255. The summed E-state index contributed by atoms with van der Waals surface area (Å²) in [5, 5.41) is 0. The third-order valence-electron chi connectivity index (χ3n) is 5.82. The Hall–Kier alpha value is -0.500. The average Bonchev–Trinajstić information content (AvgIpc) is 2.73. The van der Waals surface area contributed by atoms with Crippen molar-refractivity contribution < 1.29 is 22.3 Å². The van der Waals surface area contributed by atoms with Crippen LogP contribution in [-0.2, 0) is 15.2 Å². The van der Waals surface area contributed by atoms with Gasteiger partial charge in [-0.05, 0) is 43.8 Å². The molecule has 0 aromatic carbocycles. The third-order valence-corrected chi connectivity index (χ3v) is 5.82. The number of fused-ring (bicyclic) bond motifs is 2. The molecule has 2 N–H and O–H groups in total. The summed E-state index contributed by atoms with van der Waals surface area (Å²) in [6.07, 6.45) is 3.25. The summed E-state index contributed by atoms with van der Waals surface area (Å²) in [6.45, 7) is 16.8. The Morgan fingerprint density at radius 3 is 1.57 bits per heavy atom. The first-order valence-corrected chi connectivity index (χ1v) is 9.68. The molecule has 23 heavy (non-hydrogen) atoms. The Morgan fingerprint density at radius 1 is 1.09 bits per heavy atom. The van der Waals surface area contributed by atoms with Crippen molar-refractivity contribution in [2.75, 3.05) is 19.6 Å². The van der Waals surface area contributed by atoms with Gasteiger partial charge in [-0.15, -0.1) is 0 Å². The van der Waals surface area contributed by atoms with Crippen molar-refractivity contribution in [3.8, 4) is 0 Å². The summed E-state index contributed by atoms with van der Waals surface area (Å²) in [6, 6.07) is 0. The van der Waals surface area contributed by atoms with Crippen LogP contribution < -0.4 is 0 Å². The van der Waals surface area contributed by atoms with Crippen LogP contribution in [0.5, 0.6) is 0 Å². The van der Waals surface area contributed by atoms with E-state index in [1.165, 1.54) is 26.1 Å². The van der Waals surface area contributed by atoms with Gasteiger partial charge in [0.25, 0.3) is 0 Å². The summed E-state index contributed by atoms with van der Waals surface area (Å²) in [7, 11) is -4.67. The Balaban J connectivity index is 0.000000351. The molecule has 6 nitrogen and oxygen atoms in total. The monoisotopic (exact) mass is 351 g/mol. The van der Waals surface area contributed by atoms with Gasteiger partial charge in [-0.3, -0.25) is 13.9 Å². The van der Waals surface area contributed by atoms with Crippen LogP contribution in [0.2, 0.25) is 0 Å². The van der Waals surface area contributed by atoms with Crippen molar-refractivity contribution in [3.63, 3.8) is 0 Å². The van der Waals surface area contributed by atoms with E-state index in [-0.39, 0.29) is 10.8 Å². The van der Waals surface area contributed by atoms with Gasteiger partial charge in [0.05, 0.1) is 0 Å². The predicted molar refractivity (Wildman–Crippen MR) is 91.9 cm³/mol. The Kier molecular flexibility index (Phi) is 8.37. The minimum Gasteiger partial charge on any atom is -0.304 e. The molecule has 2 aliphatic carbocycles. The molecule has 0 amide bonds. The molecule has 2 aliphatic rings. The van der Waals surface area contributed by atoms with Crippen LogP contribution in [0.1, 0.15) is 60.8 Å². The van der Waals surface area contributed by atoms with Crippen LogP contribution in [0.25, 0.3) is 0 Å². The molecular formula is C16H33NO5S. The number of Topliss-reactive ketones (excluding diaryl/α,β-unsaturated/α-hetero) is 1. The second-order valence-corrected chi connectivity index (χ2v) is 7.88. The van der Waals surface area contributed by atoms with Gasteiger partial charge < -0.3 is 4.90 Å². The number of nitrogens with zero attached hydrogens (tertiary/aromatic N) is 1. The zero-order chi connectivity index (χ0) is 18.5. The molecule has 2 saturated carbocycles. The highest BCUT2D eigenvalue weighted by molar-refractivity contribution is 7.79. The van der Waals surface area contributed by atoms with Gasteiger partial charge in [-0.1, -0.05) is 41.5 Å². The van der Waals surface area contributed by atoms with Crippen LogP contribution >= 0.6 is 0 Å². The van der Waals surface area contributed by atoms with Gasteiger partial charge in [0.2, 0.25) is 0 Å². The number of ketones is 1. The van der Waals surface area contributed by atoms with Crippen LogP contribution in [0.3, 0.4) is 0 Å². The highest BCUT2D eigenvalue weighted by Crippen LogP contribution is 2.63. The lowest BCUT2D eigenvalue weighted by molar-refractivity contribution is -0.128. The van der Waals surface area contributed by atoms with Crippen LogP contribution in [0, 0.1) is 16.7 Å². The zero-order valence-corrected chi connectivity index (χ0v) is 16.1. The summed E-state index contributed by atoms with van der Waals surface area (Å²) < 4.78 is 31.6. The van der Waals surface area contributed by atoms with E-state index in [0.29, 0.717) is 11.7 Å². The van der Waals surface area contributed by atoms with Gasteiger partial charge >= 0.3 is 10.4 Å². The van der Waals surface area contributed by atoms with Crippen molar-refractivity contribution >= 4 is 16.2 Å². The first-order chi connectivity index (χ1) is 10.3. The topological polar surface area (TPSA) is 94.9 Å². The van der Waals surface area contributed by atoms with Crippen molar-refractivity contribution in [2.24, 2.45) is 16.7 Å². The molecule has 7 heteroatoms. The Labute approximate surface area is 141 Å². The summed E-state index contributed by atoms with van der Waals surface area (Å²) in [5.74, 6) is 1.19. The zero-order valence-electron chi connectivity index (χ0n) is 15.3. The van der Waals surface area contributed by atoms with Gasteiger partial charge in [0.1, 0.15) is 5.78 Å². The van der Waals surface area contributed by atoms with Crippen molar-refractivity contribution in [2.45, 2.75) is 60.8 Å². The number of hydrogen-bond donors (Lipinski definition) is 2. The molecule has 0 spiro atoms. The largest absolute Gasteiger partial charge is 0.394 e. The third kappa shape index (κ3) is 6.14. The van der Waals surface area contributed by atoms with E-state index in [9.17, 15) is 4.79 Å². The molecule has 138 valence electrons. The summed E-state index contributed by atoms with van der Waals surface area (Å²) >= 11 is 0. The second-order valence-electron chi connectivity index (χ2n) is 6.98. The van der Waals surface area contributed by atoms with Crippen LogP contribution in [0.4, 0.5) is 0 Å².